The summed E-state index contributed by atoms with van der Waals surface area (Å²) in [6.45, 7) is 0. The Morgan fingerprint density at radius 2 is 1.61 bits per heavy atom. The van der Waals surface area contributed by atoms with Crippen LogP contribution in [0.5, 0.6) is 5.75 Å². The van der Waals surface area contributed by atoms with Crippen molar-refractivity contribution in [2.75, 3.05) is 0 Å². The summed E-state index contributed by atoms with van der Waals surface area (Å²) in [5, 5.41) is 2.85. The van der Waals surface area contributed by atoms with E-state index in [1.165, 1.54) is 0 Å². The maximum absolute atomic E-state index is 12.1. The first-order chi connectivity index (χ1) is 8.84. The van der Waals surface area contributed by atoms with Gasteiger partial charge < -0.3 is 10.1 Å². The van der Waals surface area contributed by atoms with E-state index >= 15 is 0 Å². The molecule has 1 heterocycles. The SMILES string of the molecule is O=C1NC(c2ccccc2)=COc2ccccc21. The highest BCUT2D eigenvalue weighted by atomic mass is 16.5. The molecule has 0 bridgehead atoms. The number of nitrogens with one attached hydrogen (secondary N) is 1. The van der Waals surface area contributed by atoms with E-state index in [1.54, 1.807) is 18.4 Å². The number of fused-ring (bicyclic) bond motifs is 1. The molecule has 1 amide bonds. The molecule has 0 radical (unpaired) electrons. The minimum absolute atomic E-state index is 0.154. The summed E-state index contributed by atoms with van der Waals surface area (Å²) in [5.41, 5.74) is 2.12. The number of hydrogen-bond donors (Lipinski definition) is 1. The Labute approximate surface area is 105 Å². The van der Waals surface area contributed by atoms with E-state index in [0.29, 0.717) is 17.0 Å². The lowest BCUT2D eigenvalue weighted by atomic mass is 10.1. The Morgan fingerprint density at radius 3 is 2.44 bits per heavy atom. The second-order valence-corrected chi connectivity index (χ2v) is 3.97. The van der Waals surface area contributed by atoms with Gasteiger partial charge in [-0.3, -0.25) is 4.79 Å². The van der Waals surface area contributed by atoms with Crippen LogP contribution in [-0.4, -0.2) is 5.91 Å². The molecule has 1 aliphatic rings. The van der Waals surface area contributed by atoms with Gasteiger partial charge in [-0.05, 0) is 12.1 Å². The fourth-order valence-corrected chi connectivity index (χ4v) is 1.86. The number of rotatable bonds is 1. The third kappa shape index (κ3) is 1.86. The molecule has 3 rings (SSSR count). The Balaban J connectivity index is 2.00. The second kappa shape index (κ2) is 4.37. The van der Waals surface area contributed by atoms with Gasteiger partial charge in [0.05, 0.1) is 11.3 Å². The van der Waals surface area contributed by atoms with Crippen LogP contribution < -0.4 is 10.1 Å². The van der Waals surface area contributed by atoms with Crippen molar-refractivity contribution in [1.82, 2.24) is 5.32 Å². The van der Waals surface area contributed by atoms with E-state index in [4.69, 9.17) is 4.74 Å². The molecule has 2 aromatic rings. The molecule has 0 aromatic heterocycles. The van der Waals surface area contributed by atoms with E-state index in [-0.39, 0.29) is 5.91 Å². The first kappa shape index (κ1) is 10.6. The fraction of sp³-hybridized carbons (Fsp3) is 0. The predicted molar refractivity (Wildman–Crippen MR) is 69.0 cm³/mol. The van der Waals surface area contributed by atoms with Crippen molar-refractivity contribution in [2.24, 2.45) is 0 Å². The highest BCUT2D eigenvalue weighted by molar-refractivity contribution is 6.02. The van der Waals surface area contributed by atoms with E-state index < -0.39 is 0 Å². The molecule has 2 aromatic carbocycles. The molecule has 0 saturated carbocycles. The molecule has 0 spiro atoms. The Hall–Kier alpha value is -2.55. The lowest BCUT2D eigenvalue weighted by Crippen LogP contribution is -2.20. The molecule has 0 saturated heterocycles. The van der Waals surface area contributed by atoms with Gasteiger partial charge in [-0.1, -0.05) is 42.5 Å². The zero-order chi connectivity index (χ0) is 12.4. The Kier molecular flexibility index (Phi) is 2.57. The van der Waals surface area contributed by atoms with E-state index in [0.717, 1.165) is 5.56 Å². The lowest BCUT2D eigenvalue weighted by molar-refractivity contribution is 0.0973. The second-order valence-electron chi connectivity index (χ2n) is 3.97. The van der Waals surface area contributed by atoms with Gasteiger partial charge in [0.15, 0.2) is 0 Å². The van der Waals surface area contributed by atoms with Gasteiger partial charge in [-0.15, -0.1) is 0 Å². The number of carbonyl (C=O) groups excluding carboxylic acids is 1. The van der Waals surface area contributed by atoms with Crippen LogP contribution in [0.1, 0.15) is 15.9 Å². The van der Waals surface area contributed by atoms with E-state index in [1.807, 2.05) is 42.5 Å². The van der Waals surface area contributed by atoms with Gasteiger partial charge in [0, 0.05) is 5.56 Å². The molecule has 0 fully saturated rings. The van der Waals surface area contributed by atoms with Gasteiger partial charge in [-0.25, -0.2) is 0 Å². The monoisotopic (exact) mass is 237 g/mol. The molecule has 1 N–H and O–H groups in total. The van der Waals surface area contributed by atoms with Crippen LogP contribution in [0.4, 0.5) is 0 Å². The van der Waals surface area contributed by atoms with Gasteiger partial charge in [0.2, 0.25) is 0 Å². The highest BCUT2D eigenvalue weighted by Crippen LogP contribution is 2.23. The predicted octanol–water partition coefficient (Wildman–Crippen LogP) is 2.81. The van der Waals surface area contributed by atoms with Gasteiger partial charge >= 0.3 is 0 Å². The molecular formula is C15H11NO2. The van der Waals surface area contributed by atoms with Crippen LogP contribution in [-0.2, 0) is 0 Å². The van der Waals surface area contributed by atoms with Crippen molar-refractivity contribution in [2.45, 2.75) is 0 Å². The Morgan fingerprint density at radius 1 is 0.889 bits per heavy atom. The first-order valence-corrected chi connectivity index (χ1v) is 5.67. The summed E-state index contributed by atoms with van der Waals surface area (Å²) in [7, 11) is 0. The molecule has 18 heavy (non-hydrogen) atoms. The molecule has 1 aliphatic heterocycles. The van der Waals surface area contributed by atoms with Crippen molar-refractivity contribution in [3.05, 3.63) is 72.0 Å². The van der Waals surface area contributed by atoms with Crippen molar-refractivity contribution >= 4 is 11.6 Å². The number of benzene rings is 2. The number of para-hydroxylation sites is 1. The lowest BCUT2D eigenvalue weighted by Gasteiger charge is -2.05. The number of carbonyl (C=O) groups is 1. The third-order valence-electron chi connectivity index (χ3n) is 2.77. The standard InChI is InChI=1S/C15H11NO2/c17-15-12-8-4-5-9-14(12)18-10-13(16-15)11-6-2-1-3-7-11/h1-10H,(H,16,17). The van der Waals surface area contributed by atoms with Crippen LogP contribution in [0.25, 0.3) is 5.70 Å². The summed E-state index contributed by atoms with van der Waals surface area (Å²) in [5.74, 6) is 0.416. The molecule has 3 nitrogen and oxygen atoms in total. The molecule has 0 aliphatic carbocycles. The van der Waals surface area contributed by atoms with Gasteiger partial charge in [0.1, 0.15) is 12.0 Å². The zero-order valence-electron chi connectivity index (χ0n) is 9.59. The van der Waals surface area contributed by atoms with Crippen LogP contribution in [0, 0.1) is 0 Å². The first-order valence-electron chi connectivity index (χ1n) is 5.67. The highest BCUT2D eigenvalue weighted by Gasteiger charge is 2.17. The summed E-state index contributed by atoms with van der Waals surface area (Å²) in [6, 6.07) is 16.8. The number of amides is 1. The van der Waals surface area contributed by atoms with Crippen LogP contribution in [0.15, 0.2) is 60.9 Å². The average Bonchev–Trinajstić information content (AvgIpc) is 2.60. The van der Waals surface area contributed by atoms with E-state index in [9.17, 15) is 4.79 Å². The van der Waals surface area contributed by atoms with Crippen molar-refractivity contribution in [3.8, 4) is 5.75 Å². The molecule has 88 valence electrons. The topological polar surface area (TPSA) is 38.3 Å². The minimum Gasteiger partial charge on any atom is -0.462 e. The maximum Gasteiger partial charge on any atom is 0.259 e. The largest absolute Gasteiger partial charge is 0.462 e. The fourth-order valence-electron chi connectivity index (χ4n) is 1.86. The summed E-state index contributed by atoms with van der Waals surface area (Å²) >= 11 is 0. The van der Waals surface area contributed by atoms with Crippen molar-refractivity contribution in [3.63, 3.8) is 0 Å². The zero-order valence-corrected chi connectivity index (χ0v) is 9.59. The summed E-state index contributed by atoms with van der Waals surface area (Å²) in [6.07, 6.45) is 1.57. The molecule has 3 heteroatoms. The molecular weight excluding hydrogens is 226 g/mol. The van der Waals surface area contributed by atoms with Crippen LogP contribution in [0.3, 0.4) is 0 Å². The number of hydrogen-bond acceptors (Lipinski definition) is 2. The average molecular weight is 237 g/mol. The van der Waals surface area contributed by atoms with E-state index in [2.05, 4.69) is 5.32 Å². The van der Waals surface area contributed by atoms with Crippen molar-refractivity contribution in [1.29, 1.82) is 0 Å². The third-order valence-corrected chi connectivity index (χ3v) is 2.77. The quantitative estimate of drug-likeness (QED) is 0.828. The summed E-state index contributed by atoms with van der Waals surface area (Å²) < 4.78 is 5.54. The van der Waals surface area contributed by atoms with Gasteiger partial charge in [-0.2, -0.15) is 0 Å². The molecule has 0 atom stereocenters. The normalized spacial score (nSPS) is 13.8. The minimum atomic E-state index is -0.154. The maximum atomic E-state index is 12.1. The van der Waals surface area contributed by atoms with Crippen molar-refractivity contribution < 1.29 is 9.53 Å². The smallest absolute Gasteiger partial charge is 0.259 e. The molecule has 0 unspecified atom stereocenters. The van der Waals surface area contributed by atoms with Crippen LogP contribution in [0.2, 0.25) is 0 Å². The number of ether oxygens (including phenoxy) is 1. The Bertz CT molecular complexity index is 617. The van der Waals surface area contributed by atoms with Crippen LogP contribution >= 0.6 is 0 Å². The van der Waals surface area contributed by atoms with Gasteiger partial charge in [0.25, 0.3) is 5.91 Å². The summed E-state index contributed by atoms with van der Waals surface area (Å²) in [4.78, 5) is 12.1.